The Morgan fingerprint density at radius 2 is 2.00 bits per heavy atom. The van der Waals surface area contributed by atoms with Crippen molar-refractivity contribution in [2.24, 2.45) is 11.8 Å². The fourth-order valence-electron chi connectivity index (χ4n) is 4.33. The molecule has 0 spiro atoms. The van der Waals surface area contributed by atoms with Crippen molar-refractivity contribution >= 4 is 33.4 Å². The Morgan fingerprint density at radius 1 is 1.22 bits per heavy atom. The number of rotatable bonds is 6. The number of halogens is 1. The summed E-state index contributed by atoms with van der Waals surface area (Å²) in [5, 5.41) is 8.64. The van der Waals surface area contributed by atoms with E-state index < -0.39 is 0 Å². The maximum Gasteiger partial charge on any atom is 0.264 e. The van der Waals surface area contributed by atoms with E-state index in [2.05, 4.69) is 10.4 Å². The van der Waals surface area contributed by atoms with Gasteiger partial charge in [0.2, 0.25) is 5.91 Å². The summed E-state index contributed by atoms with van der Waals surface area (Å²) in [6.07, 6.45) is 4.09. The number of nitrogens with zero attached hydrogens (tertiary/aromatic N) is 3. The highest BCUT2D eigenvalue weighted by molar-refractivity contribution is 7.20. The number of nitrogens with one attached hydrogen (secondary N) is 1. The highest BCUT2D eigenvalue weighted by Crippen LogP contribution is 2.31. The molecule has 2 aliphatic rings. The first-order chi connectivity index (χ1) is 15.5. The van der Waals surface area contributed by atoms with Crippen LogP contribution in [-0.2, 0) is 11.3 Å². The molecule has 1 unspecified atom stereocenters. The zero-order chi connectivity index (χ0) is 22.2. The average molecular weight is 455 g/mol. The lowest BCUT2D eigenvalue weighted by Gasteiger charge is -2.31. The summed E-state index contributed by atoms with van der Waals surface area (Å²) in [5.41, 5.74) is 1.82. The van der Waals surface area contributed by atoms with Crippen LogP contribution in [0.15, 0.2) is 30.3 Å². The number of carbonyl (C=O) groups is 2. The van der Waals surface area contributed by atoms with E-state index >= 15 is 0 Å². The third kappa shape index (κ3) is 4.41. The normalized spacial score (nSPS) is 18.8. The second-order valence-electron chi connectivity index (χ2n) is 8.98. The lowest BCUT2D eigenvalue weighted by atomic mass is 9.97. The summed E-state index contributed by atoms with van der Waals surface area (Å²) in [5.74, 6) is 0.323. The Morgan fingerprint density at radius 3 is 2.75 bits per heavy atom. The summed E-state index contributed by atoms with van der Waals surface area (Å²) >= 11 is 1.44. The summed E-state index contributed by atoms with van der Waals surface area (Å²) in [6, 6.07) is 8.31. The number of carbonyl (C=O) groups excluding carboxylic acids is 2. The van der Waals surface area contributed by atoms with Gasteiger partial charge in [0.1, 0.15) is 10.6 Å². The standard InChI is InChI=1S/C24H27FN4O2S/c1-15-20-11-21(32-24(20)29(27-15)13-17-6-8-19(25)9-7-17)23(31)28-10-2-3-18(14-28)22(30)26-12-16-4-5-16/h6-9,11,16,18H,2-5,10,12-14H2,1H3,(H,26,30). The van der Waals surface area contributed by atoms with E-state index in [1.807, 2.05) is 22.6 Å². The van der Waals surface area contributed by atoms with E-state index in [1.54, 1.807) is 12.1 Å². The molecule has 3 aromatic rings. The molecule has 1 aliphatic carbocycles. The van der Waals surface area contributed by atoms with E-state index in [9.17, 15) is 14.0 Å². The van der Waals surface area contributed by atoms with Crippen molar-refractivity contribution in [3.05, 3.63) is 52.3 Å². The molecular formula is C24H27FN4O2S. The van der Waals surface area contributed by atoms with Gasteiger partial charge in [-0.2, -0.15) is 5.10 Å². The molecule has 5 rings (SSSR count). The fourth-order valence-corrected chi connectivity index (χ4v) is 5.46. The minimum Gasteiger partial charge on any atom is -0.356 e. The van der Waals surface area contributed by atoms with Crippen LogP contribution in [-0.4, -0.2) is 46.1 Å². The lowest BCUT2D eigenvalue weighted by molar-refractivity contribution is -0.126. The molecule has 1 saturated carbocycles. The molecule has 8 heteroatoms. The summed E-state index contributed by atoms with van der Waals surface area (Å²) in [7, 11) is 0. The number of hydrogen-bond donors (Lipinski definition) is 1. The largest absolute Gasteiger partial charge is 0.356 e. The van der Waals surface area contributed by atoms with Crippen LogP contribution in [0.2, 0.25) is 0 Å². The van der Waals surface area contributed by atoms with Gasteiger partial charge in [0.15, 0.2) is 0 Å². The van der Waals surface area contributed by atoms with Gasteiger partial charge in [-0.25, -0.2) is 4.39 Å². The van der Waals surface area contributed by atoms with Crippen LogP contribution in [0.1, 0.15) is 46.6 Å². The van der Waals surface area contributed by atoms with Gasteiger partial charge >= 0.3 is 0 Å². The molecule has 0 radical (unpaired) electrons. The van der Waals surface area contributed by atoms with Gasteiger partial charge in [-0.1, -0.05) is 12.1 Å². The molecule has 3 heterocycles. The van der Waals surface area contributed by atoms with Crippen molar-refractivity contribution in [1.29, 1.82) is 0 Å². The van der Waals surface area contributed by atoms with Crippen LogP contribution >= 0.6 is 11.3 Å². The Hall–Kier alpha value is -2.74. The zero-order valence-corrected chi connectivity index (χ0v) is 19.0. The van der Waals surface area contributed by atoms with E-state index in [1.165, 1.54) is 36.3 Å². The minimum atomic E-state index is -0.263. The number of thiophene rings is 1. The molecule has 32 heavy (non-hydrogen) atoms. The molecule has 2 amide bonds. The van der Waals surface area contributed by atoms with E-state index in [-0.39, 0.29) is 23.5 Å². The maximum atomic E-state index is 13.3. The lowest BCUT2D eigenvalue weighted by Crippen LogP contribution is -2.45. The van der Waals surface area contributed by atoms with Crippen molar-refractivity contribution in [3.8, 4) is 0 Å². The van der Waals surface area contributed by atoms with Gasteiger partial charge in [-0.05, 0) is 62.3 Å². The quantitative estimate of drug-likeness (QED) is 0.613. The molecule has 1 N–H and O–H groups in total. The van der Waals surface area contributed by atoms with Crippen LogP contribution < -0.4 is 5.32 Å². The predicted molar refractivity (Wildman–Crippen MR) is 122 cm³/mol. The van der Waals surface area contributed by atoms with Crippen molar-refractivity contribution in [3.63, 3.8) is 0 Å². The number of benzene rings is 1. The maximum absolute atomic E-state index is 13.3. The first-order valence-corrected chi connectivity index (χ1v) is 12.1. The summed E-state index contributed by atoms with van der Waals surface area (Å²) in [6.45, 7) is 4.38. The topological polar surface area (TPSA) is 67.2 Å². The van der Waals surface area contributed by atoms with Gasteiger partial charge in [-0.3, -0.25) is 14.3 Å². The molecule has 1 atom stereocenters. The summed E-state index contributed by atoms with van der Waals surface area (Å²) < 4.78 is 15.1. The van der Waals surface area contributed by atoms with E-state index in [0.29, 0.717) is 30.4 Å². The number of hydrogen-bond acceptors (Lipinski definition) is 4. The van der Waals surface area contributed by atoms with E-state index in [4.69, 9.17) is 0 Å². The van der Waals surface area contributed by atoms with Gasteiger partial charge in [0, 0.05) is 25.0 Å². The first kappa shape index (κ1) is 21.1. The van der Waals surface area contributed by atoms with Crippen LogP contribution in [0.3, 0.4) is 0 Å². The Kier molecular flexibility index (Phi) is 5.71. The Labute approximate surface area is 190 Å². The van der Waals surface area contributed by atoms with Crippen molar-refractivity contribution in [2.75, 3.05) is 19.6 Å². The van der Waals surface area contributed by atoms with Crippen LogP contribution in [0, 0.1) is 24.6 Å². The average Bonchev–Trinajstić information content (AvgIpc) is 3.45. The SMILES string of the molecule is Cc1nn(Cc2ccc(F)cc2)c2sc(C(=O)N3CCCC(C(=O)NCC4CC4)C3)cc12. The van der Waals surface area contributed by atoms with Crippen LogP contribution in [0.5, 0.6) is 0 Å². The van der Waals surface area contributed by atoms with Gasteiger partial charge in [0.05, 0.1) is 23.0 Å². The van der Waals surface area contributed by atoms with E-state index in [0.717, 1.165) is 40.9 Å². The molecule has 1 aliphatic heterocycles. The highest BCUT2D eigenvalue weighted by Gasteiger charge is 2.31. The molecule has 168 valence electrons. The molecule has 1 saturated heterocycles. The third-order valence-corrected chi connectivity index (χ3v) is 7.54. The fraction of sp³-hybridized carbons (Fsp3) is 0.458. The highest BCUT2D eigenvalue weighted by atomic mass is 32.1. The smallest absolute Gasteiger partial charge is 0.264 e. The summed E-state index contributed by atoms with van der Waals surface area (Å²) in [4.78, 5) is 29.2. The first-order valence-electron chi connectivity index (χ1n) is 11.3. The molecule has 2 aromatic heterocycles. The molecule has 0 bridgehead atoms. The third-order valence-electron chi connectivity index (χ3n) is 6.41. The predicted octanol–water partition coefficient (Wildman–Crippen LogP) is 3.97. The van der Waals surface area contributed by atoms with Crippen molar-refractivity contribution < 1.29 is 14.0 Å². The molecular weight excluding hydrogens is 427 g/mol. The van der Waals surface area contributed by atoms with Crippen molar-refractivity contribution in [1.82, 2.24) is 20.0 Å². The van der Waals surface area contributed by atoms with Crippen molar-refractivity contribution in [2.45, 2.75) is 39.2 Å². The number of piperidine rings is 1. The number of amides is 2. The second-order valence-corrected chi connectivity index (χ2v) is 10.0. The Bertz CT molecular complexity index is 1150. The zero-order valence-electron chi connectivity index (χ0n) is 18.1. The molecule has 6 nitrogen and oxygen atoms in total. The minimum absolute atomic E-state index is 0.0152. The monoisotopic (exact) mass is 454 g/mol. The molecule has 2 fully saturated rings. The second kappa shape index (κ2) is 8.65. The number of aryl methyl sites for hydroxylation is 1. The van der Waals surface area contributed by atoms with Gasteiger partial charge in [-0.15, -0.1) is 11.3 Å². The number of likely N-dealkylation sites (tertiary alicyclic amines) is 1. The van der Waals surface area contributed by atoms with Crippen LogP contribution in [0.4, 0.5) is 4.39 Å². The number of aromatic nitrogens is 2. The molecule has 1 aromatic carbocycles. The number of fused-ring (bicyclic) bond motifs is 1. The Balaban J connectivity index is 1.30. The van der Waals surface area contributed by atoms with Gasteiger partial charge < -0.3 is 10.2 Å². The van der Waals surface area contributed by atoms with Gasteiger partial charge in [0.25, 0.3) is 5.91 Å². The van der Waals surface area contributed by atoms with Crippen LogP contribution in [0.25, 0.3) is 10.2 Å².